The summed E-state index contributed by atoms with van der Waals surface area (Å²) in [4.78, 5) is 25.4. The van der Waals surface area contributed by atoms with Crippen molar-refractivity contribution in [1.29, 1.82) is 0 Å². The van der Waals surface area contributed by atoms with Crippen LogP contribution in [0, 0.1) is 5.82 Å². The highest BCUT2D eigenvalue weighted by molar-refractivity contribution is 6.31. The monoisotopic (exact) mass is 408 g/mol. The quantitative estimate of drug-likeness (QED) is 0.453. The fourth-order valence-corrected chi connectivity index (χ4v) is 3.09. The lowest BCUT2D eigenvalue weighted by Crippen LogP contribution is -2.17. The summed E-state index contributed by atoms with van der Waals surface area (Å²) in [6.45, 7) is 0. The molecule has 2 N–H and O–H groups in total. The molecule has 29 heavy (non-hydrogen) atoms. The molecule has 0 aliphatic heterocycles. The number of anilines is 2. The average molecular weight is 409 g/mol. The van der Waals surface area contributed by atoms with Gasteiger partial charge in [-0.1, -0.05) is 35.9 Å². The summed E-state index contributed by atoms with van der Waals surface area (Å²) in [5.41, 5.74) is 1.23. The van der Waals surface area contributed by atoms with E-state index in [0.29, 0.717) is 21.7 Å². The third kappa shape index (κ3) is 3.97. The maximum atomic E-state index is 13.5. The molecule has 0 saturated heterocycles. The second-order valence-corrected chi connectivity index (χ2v) is 6.67. The van der Waals surface area contributed by atoms with E-state index in [1.165, 1.54) is 18.2 Å². The number of amides is 2. The van der Waals surface area contributed by atoms with Gasteiger partial charge in [0, 0.05) is 21.7 Å². The Morgan fingerprint density at radius 3 is 2.45 bits per heavy atom. The summed E-state index contributed by atoms with van der Waals surface area (Å²) in [6, 6.07) is 18.8. The Morgan fingerprint density at radius 1 is 0.862 bits per heavy atom. The van der Waals surface area contributed by atoms with Crippen LogP contribution in [0.4, 0.5) is 15.8 Å². The van der Waals surface area contributed by atoms with Gasteiger partial charge >= 0.3 is 0 Å². The predicted molar refractivity (Wildman–Crippen MR) is 110 cm³/mol. The largest absolute Gasteiger partial charge is 0.449 e. The molecule has 2 amide bonds. The van der Waals surface area contributed by atoms with Crippen LogP contribution in [0.1, 0.15) is 20.9 Å². The van der Waals surface area contributed by atoms with Gasteiger partial charge in [-0.25, -0.2) is 4.39 Å². The fourth-order valence-electron chi connectivity index (χ4n) is 2.90. The highest BCUT2D eigenvalue weighted by Gasteiger charge is 2.23. The van der Waals surface area contributed by atoms with Crippen LogP contribution in [-0.2, 0) is 0 Å². The van der Waals surface area contributed by atoms with Crippen LogP contribution in [-0.4, -0.2) is 11.8 Å². The molecule has 4 rings (SSSR count). The van der Waals surface area contributed by atoms with Crippen molar-refractivity contribution < 1.29 is 18.4 Å². The van der Waals surface area contributed by atoms with E-state index in [1.807, 2.05) is 0 Å². The first-order valence-corrected chi connectivity index (χ1v) is 9.04. The Balaban J connectivity index is 1.70. The zero-order valence-corrected chi connectivity index (χ0v) is 15.7. The van der Waals surface area contributed by atoms with E-state index >= 15 is 0 Å². The number of fused-ring (bicyclic) bond motifs is 1. The van der Waals surface area contributed by atoms with Crippen LogP contribution < -0.4 is 10.6 Å². The van der Waals surface area contributed by atoms with Gasteiger partial charge in [0.1, 0.15) is 17.1 Å². The van der Waals surface area contributed by atoms with E-state index in [1.54, 1.807) is 48.5 Å². The summed E-state index contributed by atoms with van der Waals surface area (Å²) >= 11 is 5.96. The van der Waals surface area contributed by atoms with E-state index in [-0.39, 0.29) is 17.0 Å². The van der Waals surface area contributed by atoms with Crippen LogP contribution in [0.25, 0.3) is 11.0 Å². The zero-order chi connectivity index (χ0) is 20.4. The fraction of sp³-hybridized carbons (Fsp3) is 0. The first-order chi connectivity index (χ1) is 14.0. The topological polar surface area (TPSA) is 71.3 Å². The summed E-state index contributed by atoms with van der Waals surface area (Å²) < 4.78 is 19.2. The van der Waals surface area contributed by atoms with Crippen molar-refractivity contribution in [2.45, 2.75) is 0 Å². The number of rotatable bonds is 4. The number of benzene rings is 3. The second kappa shape index (κ2) is 7.77. The molecule has 0 radical (unpaired) electrons. The molecule has 3 aromatic carbocycles. The average Bonchev–Trinajstić information content (AvgIpc) is 3.07. The van der Waals surface area contributed by atoms with Crippen molar-refractivity contribution in [2.75, 3.05) is 10.6 Å². The van der Waals surface area contributed by atoms with Gasteiger partial charge in [-0.05, 0) is 48.5 Å². The minimum absolute atomic E-state index is 0.0732. The Hall–Kier alpha value is -3.64. The molecule has 0 aliphatic rings. The molecule has 5 nitrogen and oxygen atoms in total. The molecule has 4 aromatic rings. The molecule has 0 atom stereocenters. The van der Waals surface area contributed by atoms with Crippen molar-refractivity contribution in [2.24, 2.45) is 0 Å². The third-order valence-electron chi connectivity index (χ3n) is 4.21. The molecule has 1 heterocycles. The van der Waals surface area contributed by atoms with Crippen LogP contribution in [0.15, 0.2) is 77.2 Å². The number of furan rings is 1. The second-order valence-electron chi connectivity index (χ2n) is 6.23. The van der Waals surface area contributed by atoms with E-state index in [0.717, 1.165) is 6.07 Å². The highest BCUT2D eigenvalue weighted by atomic mass is 35.5. The maximum absolute atomic E-state index is 13.5. The molecule has 0 fully saturated rings. The molecule has 7 heteroatoms. The number of carbonyl (C=O) groups is 2. The third-order valence-corrected chi connectivity index (χ3v) is 4.44. The number of nitrogens with one attached hydrogen (secondary N) is 2. The first-order valence-electron chi connectivity index (χ1n) is 8.66. The summed E-state index contributed by atoms with van der Waals surface area (Å²) in [5, 5.41) is 6.38. The van der Waals surface area contributed by atoms with E-state index in [4.69, 9.17) is 16.0 Å². The van der Waals surface area contributed by atoms with Gasteiger partial charge in [-0.15, -0.1) is 0 Å². The van der Waals surface area contributed by atoms with Gasteiger partial charge < -0.3 is 15.1 Å². The van der Waals surface area contributed by atoms with Gasteiger partial charge in [0.2, 0.25) is 5.76 Å². The SMILES string of the molecule is O=C(Nc1c(C(=O)Nc2cccc(Cl)c2)oc2ccccc12)c1cccc(F)c1. The van der Waals surface area contributed by atoms with Crippen molar-refractivity contribution in [1.82, 2.24) is 0 Å². The van der Waals surface area contributed by atoms with Crippen molar-refractivity contribution in [3.05, 3.63) is 95.0 Å². The first kappa shape index (κ1) is 18.7. The van der Waals surface area contributed by atoms with Gasteiger partial charge in [0.15, 0.2) is 0 Å². The van der Waals surface area contributed by atoms with Gasteiger partial charge in [0.05, 0.1) is 0 Å². The molecular formula is C22H14ClFN2O3. The molecule has 0 bridgehead atoms. The Kier molecular flexibility index (Phi) is 5.01. The van der Waals surface area contributed by atoms with Crippen LogP contribution in [0.3, 0.4) is 0 Å². The molecule has 0 aliphatic carbocycles. The normalized spacial score (nSPS) is 10.7. The van der Waals surface area contributed by atoms with Crippen LogP contribution in [0.2, 0.25) is 5.02 Å². The Labute approximate surface area is 170 Å². The number of hydrogen-bond donors (Lipinski definition) is 2. The smallest absolute Gasteiger partial charge is 0.293 e. The molecule has 0 saturated carbocycles. The van der Waals surface area contributed by atoms with E-state index in [2.05, 4.69) is 10.6 Å². The lowest BCUT2D eigenvalue weighted by Gasteiger charge is -2.08. The van der Waals surface area contributed by atoms with Gasteiger partial charge in [0.25, 0.3) is 11.8 Å². The zero-order valence-electron chi connectivity index (χ0n) is 14.9. The van der Waals surface area contributed by atoms with Gasteiger partial charge in [-0.3, -0.25) is 9.59 Å². The molecule has 0 unspecified atom stereocenters. The maximum Gasteiger partial charge on any atom is 0.293 e. The minimum atomic E-state index is -0.562. The number of para-hydroxylation sites is 1. The van der Waals surface area contributed by atoms with Crippen LogP contribution >= 0.6 is 11.6 Å². The van der Waals surface area contributed by atoms with Crippen molar-refractivity contribution in [3.63, 3.8) is 0 Å². The number of hydrogen-bond acceptors (Lipinski definition) is 3. The predicted octanol–water partition coefficient (Wildman–Crippen LogP) is 5.73. The van der Waals surface area contributed by atoms with Gasteiger partial charge in [-0.2, -0.15) is 0 Å². The lowest BCUT2D eigenvalue weighted by molar-refractivity contribution is 0.0999. The number of halogens is 2. The van der Waals surface area contributed by atoms with E-state index < -0.39 is 17.6 Å². The summed E-state index contributed by atoms with van der Waals surface area (Å²) in [7, 11) is 0. The molecular weight excluding hydrogens is 395 g/mol. The minimum Gasteiger partial charge on any atom is -0.449 e. The lowest BCUT2D eigenvalue weighted by atomic mass is 10.1. The molecule has 0 spiro atoms. The van der Waals surface area contributed by atoms with Crippen LogP contribution in [0.5, 0.6) is 0 Å². The summed E-state index contributed by atoms with van der Waals surface area (Å²) in [6.07, 6.45) is 0. The summed E-state index contributed by atoms with van der Waals surface area (Å²) in [5.74, 6) is -1.73. The van der Waals surface area contributed by atoms with Crippen molar-refractivity contribution >= 4 is 45.8 Å². The standard InChI is InChI=1S/C22H14ClFN2O3/c23-14-6-4-8-16(12-14)25-22(28)20-19(17-9-1-2-10-18(17)29-20)26-21(27)13-5-3-7-15(24)11-13/h1-12H,(H,25,28)(H,26,27). The van der Waals surface area contributed by atoms with E-state index in [9.17, 15) is 14.0 Å². The molecule has 1 aromatic heterocycles. The molecule has 144 valence electrons. The van der Waals surface area contributed by atoms with Crippen molar-refractivity contribution in [3.8, 4) is 0 Å². The highest BCUT2D eigenvalue weighted by Crippen LogP contribution is 2.32. The Morgan fingerprint density at radius 2 is 1.66 bits per heavy atom. The number of carbonyl (C=O) groups excluding carboxylic acids is 2. The Bertz CT molecular complexity index is 1240.